The Hall–Kier alpha value is -1.40. The van der Waals surface area contributed by atoms with Crippen molar-refractivity contribution in [3.63, 3.8) is 0 Å². The van der Waals surface area contributed by atoms with E-state index in [0.29, 0.717) is 18.0 Å². The van der Waals surface area contributed by atoms with Gasteiger partial charge in [0.15, 0.2) is 0 Å². The van der Waals surface area contributed by atoms with Gasteiger partial charge in [-0.15, -0.1) is 0 Å². The highest BCUT2D eigenvalue weighted by Gasteiger charge is 2.37. The lowest BCUT2D eigenvalue weighted by Gasteiger charge is -2.29. The number of rotatable bonds is 4. The second-order valence-electron chi connectivity index (χ2n) is 6.00. The summed E-state index contributed by atoms with van der Waals surface area (Å²) in [5.74, 6) is 0.00437. The van der Waals surface area contributed by atoms with Crippen LogP contribution in [0.4, 0.5) is 5.69 Å². The summed E-state index contributed by atoms with van der Waals surface area (Å²) in [6, 6.07) is 5.34. The molecule has 3 rings (SSSR count). The molecule has 0 aromatic heterocycles. The Labute approximate surface area is 132 Å². The lowest BCUT2D eigenvalue weighted by molar-refractivity contribution is -0.116. The summed E-state index contributed by atoms with van der Waals surface area (Å²) in [6.45, 7) is 4.64. The second-order valence-corrected chi connectivity index (χ2v) is 7.89. The Bertz CT molecular complexity index is 695. The molecule has 1 fully saturated rings. The number of nitrogens with zero attached hydrogens (tertiary/aromatic N) is 2. The third-order valence-corrected chi connectivity index (χ3v) is 6.45. The number of sulfonamides is 1. The first-order valence-electron chi connectivity index (χ1n) is 7.88. The molecule has 0 radical (unpaired) electrons. The monoisotopic (exact) mass is 322 g/mol. The molecule has 2 aliphatic rings. The number of hydrogen-bond acceptors (Lipinski definition) is 3. The van der Waals surface area contributed by atoms with Crippen LogP contribution in [0.15, 0.2) is 23.1 Å². The van der Waals surface area contributed by atoms with Crippen LogP contribution in [0.5, 0.6) is 0 Å². The van der Waals surface area contributed by atoms with Gasteiger partial charge < -0.3 is 4.90 Å². The number of hydrogen-bond donors (Lipinski definition) is 0. The minimum absolute atomic E-state index is 0.00437. The van der Waals surface area contributed by atoms with Crippen LogP contribution < -0.4 is 4.90 Å². The van der Waals surface area contributed by atoms with E-state index in [1.54, 1.807) is 34.3 Å². The quantitative estimate of drug-likeness (QED) is 0.853. The summed E-state index contributed by atoms with van der Waals surface area (Å²) < 4.78 is 27.2. The molecule has 0 N–H and O–H groups in total. The van der Waals surface area contributed by atoms with Crippen LogP contribution in [0.2, 0.25) is 0 Å². The van der Waals surface area contributed by atoms with Crippen LogP contribution >= 0.6 is 0 Å². The fraction of sp³-hybridized carbons (Fsp3) is 0.562. The van der Waals surface area contributed by atoms with E-state index in [1.807, 2.05) is 6.92 Å². The molecule has 5 nitrogen and oxygen atoms in total. The Balaban J connectivity index is 1.98. The third kappa shape index (κ3) is 2.65. The molecule has 1 heterocycles. The van der Waals surface area contributed by atoms with Gasteiger partial charge in [-0.1, -0.05) is 6.92 Å². The molecule has 1 aromatic carbocycles. The highest BCUT2D eigenvalue weighted by molar-refractivity contribution is 7.89. The van der Waals surface area contributed by atoms with E-state index >= 15 is 0 Å². The molecule has 0 spiro atoms. The Morgan fingerprint density at radius 3 is 2.68 bits per heavy atom. The maximum absolute atomic E-state index is 12.8. The molecule has 120 valence electrons. The highest BCUT2D eigenvalue weighted by atomic mass is 32.2. The largest absolute Gasteiger partial charge is 0.312 e. The van der Waals surface area contributed by atoms with E-state index in [0.717, 1.165) is 36.9 Å². The van der Waals surface area contributed by atoms with Crippen molar-refractivity contribution in [2.45, 2.75) is 50.5 Å². The fourth-order valence-electron chi connectivity index (χ4n) is 3.18. The van der Waals surface area contributed by atoms with Crippen molar-refractivity contribution in [3.05, 3.63) is 23.8 Å². The Morgan fingerprint density at radius 1 is 1.36 bits per heavy atom. The summed E-state index contributed by atoms with van der Waals surface area (Å²) in [5, 5.41) is 0. The molecule has 0 bridgehead atoms. The summed E-state index contributed by atoms with van der Waals surface area (Å²) in [6.07, 6.45) is 3.60. The van der Waals surface area contributed by atoms with Crippen molar-refractivity contribution < 1.29 is 13.2 Å². The maximum atomic E-state index is 12.8. The van der Waals surface area contributed by atoms with Gasteiger partial charge in [0.1, 0.15) is 0 Å². The van der Waals surface area contributed by atoms with Crippen LogP contribution in [0.1, 0.15) is 38.7 Å². The zero-order valence-corrected chi connectivity index (χ0v) is 13.9. The molecular formula is C16H22N2O3S. The molecule has 1 amide bonds. The Morgan fingerprint density at radius 2 is 2.09 bits per heavy atom. The molecule has 0 unspecified atom stereocenters. The minimum Gasteiger partial charge on any atom is -0.312 e. The highest BCUT2D eigenvalue weighted by Crippen LogP contribution is 2.34. The van der Waals surface area contributed by atoms with E-state index in [1.165, 1.54) is 0 Å². The Kier molecular flexibility index (Phi) is 3.99. The SMILES string of the molecule is CCN(C1CC1)S(=O)(=O)c1ccc2c(c1)CCCN2C(C)=O. The summed E-state index contributed by atoms with van der Waals surface area (Å²) in [7, 11) is -3.43. The first kappa shape index (κ1) is 15.5. The predicted octanol–water partition coefficient (Wildman–Crippen LogP) is 2.16. The van der Waals surface area contributed by atoms with Crippen molar-refractivity contribution in [1.82, 2.24) is 4.31 Å². The van der Waals surface area contributed by atoms with Crippen molar-refractivity contribution in [1.29, 1.82) is 0 Å². The van der Waals surface area contributed by atoms with Crippen molar-refractivity contribution in [2.75, 3.05) is 18.0 Å². The van der Waals surface area contributed by atoms with E-state index in [-0.39, 0.29) is 11.9 Å². The number of benzene rings is 1. The first-order chi connectivity index (χ1) is 10.4. The molecule has 1 saturated carbocycles. The molecule has 1 aromatic rings. The average molecular weight is 322 g/mol. The van der Waals surface area contributed by atoms with Crippen molar-refractivity contribution >= 4 is 21.6 Å². The maximum Gasteiger partial charge on any atom is 0.243 e. The van der Waals surface area contributed by atoms with Gasteiger partial charge in [0.05, 0.1) is 4.90 Å². The number of carbonyl (C=O) groups excluding carboxylic acids is 1. The van der Waals surface area contributed by atoms with E-state index < -0.39 is 10.0 Å². The van der Waals surface area contributed by atoms with E-state index in [2.05, 4.69) is 0 Å². The van der Waals surface area contributed by atoms with Crippen molar-refractivity contribution in [3.8, 4) is 0 Å². The van der Waals surface area contributed by atoms with Gasteiger partial charge in [-0.25, -0.2) is 8.42 Å². The van der Waals surface area contributed by atoms with Gasteiger partial charge in [-0.05, 0) is 49.4 Å². The fourth-order valence-corrected chi connectivity index (χ4v) is 4.93. The van der Waals surface area contributed by atoms with Gasteiger partial charge >= 0.3 is 0 Å². The zero-order chi connectivity index (χ0) is 15.9. The molecule has 22 heavy (non-hydrogen) atoms. The van der Waals surface area contributed by atoms with Crippen molar-refractivity contribution in [2.24, 2.45) is 0 Å². The topological polar surface area (TPSA) is 57.7 Å². The molecule has 1 aliphatic carbocycles. The smallest absolute Gasteiger partial charge is 0.243 e. The first-order valence-corrected chi connectivity index (χ1v) is 9.32. The minimum atomic E-state index is -3.43. The number of carbonyl (C=O) groups is 1. The molecule has 1 aliphatic heterocycles. The van der Waals surface area contributed by atoms with Crippen LogP contribution in [-0.2, 0) is 21.2 Å². The summed E-state index contributed by atoms with van der Waals surface area (Å²) in [5.41, 5.74) is 1.81. The van der Waals surface area contributed by atoms with Crippen LogP contribution in [0, 0.1) is 0 Å². The molecule has 6 heteroatoms. The summed E-state index contributed by atoms with van der Waals surface area (Å²) in [4.78, 5) is 13.8. The molecule has 0 saturated heterocycles. The number of amides is 1. The molecular weight excluding hydrogens is 300 g/mol. The van der Waals surface area contributed by atoms with Gasteiger partial charge in [0.25, 0.3) is 0 Å². The van der Waals surface area contributed by atoms with Gasteiger partial charge in [0.2, 0.25) is 15.9 Å². The van der Waals surface area contributed by atoms with Crippen LogP contribution in [0.25, 0.3) is 0 Å². The lowest BCUT2D eigenvalue weighted by Crippen LogP contribution is -2.35. The van der Waals surface area contributed by atoms with Crippen LogP contribution in [-0.4, -0.2) is 37.8 Å². The van der Waals surface area contributed by atoms with Gasteiger partial charge in [0, 0.05) is 31.7 Å². The standard InChI is InChI=1S/C16H22N2O3S/c1-3-18(14-6-7-14)22(20,21)15-8-9-16-13(11-15)5-4-10-17(16)12(2)19/h8-9,11,14H,3-7,10H2,1-2H3. The number of fused-ring (bicyclic) bond motifs is 1. The lowest BCUT2D eigenvalue weighted by atomic mass is 10.0. The molecule has 0 atom stereocenters. The zero-order valence-electron chi connectivity index (χ0n) is 13.1. The van der Waals surface area contributed by atoms with Crippen LogP contribution in [0.3, 0.4) is 0 Å². The van der Waals surface area contributed by atoms with Gasteiger partial charge in [-0.2, -0.15) is 4.31 Å². The normalized spacial score (nSPS) is 18.4. The van der Waals surface area contributed by atoms with E-state index in [4.69, 9.17) is 0 Å². The predicted molar refractivity (Wildman–Crippen MR) is 85.4 cm³/mol. The average Bonchev–Trinajstić information content (AvgIpc) is 3.31. The third-order valence-electron chi connectivity index (χ3n) is 4.42. The van der Waals surface area contributed by atoms with E-state index in [9.17, 15) is 13.2 Å². The number of aryl methyl sites for hydroxylation is 1. The van der Waals surface area contributed by atoms with Gasteiger partial charge in [-0.3, -0.25) is 4.79 Å². The second kappa shape index (κ2) is 5.66. The number of anilines is 1. The summed E-state index contributed by atoms with van der Waals surface area (Å²) >= 11 is 0.